The summed E-state index contributed by atoms with van der Waals surface area (Å²) in [6.45, 7) is 3.27. The van der Waals surface area contributed by atoms with E-state index in [0.717, 1.165) is 11.3 Å². The molecule has 0 fully saturated rings. The number of methoxy groups -OCH3 is 1. The van der Waals surface area contributed by atoms with E-state index in [1.165, 1.54) is 7.11 Å². The number of rotatable bonds is 4. The van der Waals surface area contributed by atoms with Gasteiger partial charge in [0.1, 0.15) is 6.04 Å². The lowest BCUT2D eigenvalue weighted by molar-refractivity contribution is -0.132. The molecule has 0 radical (unpaired) electrons. The average Bonchev–Trinajstić information content (AvgIpc) is 3.43. The van der Waals surface area contributed by atoms with Gasteiger partial charge in [0, 0.05) is 51.6 Å². The molecular formula is C29H37N7O5. The Hall–Kier alpha value is -4.45. The number of hydrogen-bond donors (Lipinski definition) is 3. The number of carbonyl (C=O) groups excluding carboxylic acids is 3. The van der Waals surface area contributed by atoms with Gasteiger partial charge in [-0.3, -0.25) is 19.1 Å². The van der Waals surface area contributed by atoms with Crippen molar-refractivity contribution in [1.82, 2.24) is 30.5 Å². The first-order valence-electron chi connectivity index (χ1n) is 13.7. The number of hydrogen-bond acceptors (Lipinski definition) is 8. The van der Waals surface area contributed by atoms with Gasteiger partial charge in [-0.05, 0) is 24.6 Å². The zero-order chi connectivity index (χ0) is 29.2. The normalized spacial score (nSPS) is 17.9. The largest absolute Gasteiger partial charge is 0.493 e. The molecule has 4 N–H and O–H groups in total. The number of benzene rings is 2. The van der Waals surface area contributed by atoms with Crippen molar-refractivity contribution in [2.45, 2.75) is 44.8 Å². The van der Waals surface area contributed by atoms with Crippen LogP contribution in [0.15, 0.2) is 54.7 Å². The van der Waals surface area contributed by atoms with Crippen LogP contribution in [0.4, 0.5) is 0 Å². The number of carbonyl (C=O) groups is 3. The van der Waals surface area contributed by atoms with E-state index in [0.29, 0.717) is 44.0 Å². The first-order chi connectivity index (χ1) is 19.9. The maximum absolute atomic E-state index is 13.5. The van der Waals surface area contributed by atoms with Crippen LogP contribution >= 0.6 is 0 Å². The van der Waals surface area contributed by atoms with Crippen LogP contribution in [-0.4, -0.2) is 83.0 Å². The van der Waals surface area contributed by atoms with Gasteiger partial charge in [0.15, 0.2) is 11.5 Å². The van der Waals surface area contributed by atoms with E-state index in [1.807, 2.05) is 36.5 Å². The van der Waals surface area contributed by atoms with Crippen molar-refractivity contribution >= 4 is 17.7 Å². The van der Waals surface area contributed by atoms with Crippen LogP contribution in [0.2, 0.25) is 0 Å². The fourth-order valence-electron chi connectivity index (χ4n) is 4.57. The van der Waals surface area contributed by atoms with Crippen molar-refractivity contribution in [2.24, 2.45) is 5.73 Å². The van der Waals surface area contributed by atoms with Crippen molar-refractivity contribution in [3.05, 3.63) is 71.5 Å². The van der Waals surface area contributed by atoms with Crippen molar-refractivity contribution < 1.29 is 23.9 Å². The third-order valence-corrected chi connectivity index (χ3v) is 6.73. The van der Waals surface area contributed by atoms with Crippen LogP contribution in [0.25, 0.3) is 0 Å². The number of aryl methyl sites for hydroxylation is 1. The summed E-state index contributed by atoms with van der Waals surface area (Å²) in [7, 11) is 1.51. The van der Waals surface area contributed by atoms with Gasteiger partial charge >= 0.3 is 0 Å². The molecule has 0 unspecified atom stereocenters. The molecule has 2 atom stereocenters. The molecule has 0 aliphatic carbocycles. The van der Waals surface area contributed by atoms with Crippen molar-refractivity contribution in [3.63, 3.8) is 0 Å². The van der Waals surface area contributed by atoms with Crippen molar-refractivity contribution in [1.29, 1.82) is 0 Å². The van der Waals surface area contributed by atoms with Crippen LogP contribution in [0.5, 0.6) is 11.5 Å². The molecule has 2 bridgehead atoms. The molecule has 2 aromatic carbocycles. The summed E-state index contributed by atoms with van der Waals surface area (Å²) < 4.78 is 13.2. The van der Waals surface area contributed by atoms with Gasteiger partial charge in [-0.15, -0.1) is 5.10 Å². The van der Waals surface area contributed by atoms with E-state index in [4.69, 9.17) is 15.2 Å². The first kappa shape index (κ1) is 29.5. The zero-order valence-corrected chi connectivity index (χ0v) is 23.4. The summed E-state index contributed by atoms with van der Waals surface area (Å²) in [6, 6.07) is 12.9. The number of nitrogens with zero attached hydrogens (tertiary/aromatic N) is 4. The van der Waals surface area contributed by atoms with Gasteiger partial charge in [0.2, 0.25) is 11.8 Å². The second-order valence-electron chi connectivity index (χ2n) is 9.88. The molecule has 1 aliphatic heterocycles. The molecule has 3 aromatic rings. The molecule has 12 heteroatoms. The minimum atomic E-state index is -0.877. The summed E-state index contributed by atoms with van der Waals surface area (Å²) in [5.41, 5.74) is 7.76. The van der Waals surface area contributed by atoms with Crippen LogP contribution in [0.1, 0.15) is 35.0 Å². The van der Waals surface area contributed by atoms with Gasteiger partial charge in [0.05, 0.1) is 31.0 Å². The second kappa shape index (κ2) is 14.3. The van der Waals surface area contributed by atoms with E-state index in [9.17, 15) is 14.4 Å². The molecule has 218 valence electrons. The van der Waals surface area contributed by atoms with Crippen LogP contribution in [0, 0.1) is 0 Å². The fourth-order valence-corrected chi connectivity index (χ4v) is 4.57. The molecule has 0 saturated carbocycles. The lowest BCUT2D eigenvalue weighted by atomic mass is 10.0. The van der Waals surface area contributed by atoms with Crippen LogP contribution < -0.4 is 25.8 Å². The molecule has 1 aliphatic rings. The SMILES string of the molecule is COc1cccc2c1OCCCn1cc(nn1)CCN(C(=O)[C@H](C)N)CCNC(=O)[C@H](Cc1ccccc1)NC2=O. The van der Waals surface area contributed by atoms with Crippen molar-refractivity contribution in [3.8, 4) is 11.5 Å². The third-order valence-electron chi connectivity index (χ3n) is 6.73. The first-order valence-corrected chi connectivity index (χ1v) is 13.7. The van der Waals surface area contributed by atoms with Gasteiger partial charge in [-0.25, -0.2) is 0 Å². The van der Waals surface area contributed by atoms with E-state index in [-0.39, 0.29) is 36.9 Å². The fraction of sp³-hybridized carbons (Fsp3) is 0.414. The Morgan fingerprint density at radius 2 is 1.95 bits per heavy atom. The van der Waals surface area contributed by atoms with E-state index in [1.54, 1.807) is 34.7 Å². The summed E-state index contributed by atoms with van der Waals surface area (Å²) in [4.78, 5) is 41.3. The smallest absolute Gasteiger partial charge is 0.255 e. The zero-order valence-electron chi connectivity index (χ0n) is 23.4. The molecule has 4 rings (SSSR count). The summed E-state index contributed by atoms with van der Waals surface area (Å²) in [6.07, 6.45) is 3.19. The Morgan fingerprint density at radius 1 is 1.15 bits per heavy atom. The molecule has 1 aromatic heterocycles. The van der Waals surface area contributed by atoms with Gasteiger partial charge < -0.3 is 30.7 Å². The standard InChI is InChI=1S/C29H37N7O5/c1-20(30)29(39)35-15-12-22-19-36(34-33-22)14-7-17-41-26-23(10-6-11-25(26)40-2)27(37)32-24(28(38)31-13-16-35)18-21-8-4-3-5-9-21/h3-6,8-11,19-20,24H,7,12-18,30H2,1-2H3,(H,31,38)(H,32,37)/t20-,24-/m0/s1. The minimum Gasteiger partial charge on any atom is -0.493 e. The van der Waals surface area contributed by atoms with Gasteiger partial charge in [0.25, 0.3) is 5.91 Å². The number of para-hydroxylation sites is 1. The Bertz CT molecular complexity index is 1330. The van der Waals surface area contributed by atoms with Gasteiger partial charge in [-0.2, -0.15) is 0 Å². The number of aromatic nitrogens is 3. The van der Waals surface area contributed by atoms with Crippen LogP contribution in [0.3, 0.4) is 0 Å². The monoisotopic (exact) mass is 563 g/mol. The number of fused-ring (bicyclic) bond motifs is 3. The topological polar surface area (TPSA) is 154 Å². The predicted octanol–water partition coefficient (Wildman–Crippen LogP) is 0.945. The van der Waals surface area contributed by atoms with E-state index < -0.39 is 18.0 Å². The molecule has 3 amide bonds. The van der Waals surface area contributed by atoms with Crippen molar-refractivity contribution in [2.75, 3.05) is 33.4 Å². The molecule has 0 saturated heterocycles. The highest BCUT2D eigenvalue weighted by molar-refractivity contribution is 6.00. The highest BCUT2D eigenvalue weighted by atomic mass is 16.5. The maximum atomic E-state index is 13.5. The average molecular weight is 564 g/mol. The second-order valence-corrected chi connectivity index (χ2v) is 9.88. The molecule has 2 heterocycles. The quantitative estimate of drug-likeness (QED) is 0.424. The Balaban J connectivity index is 1.61. The molecule has 12 nitrogen and oxygen atoms in total. The van der Waals surface area contributed by atoms with Crippen LogP contribution in [-0.2, 0) is 29.0 Å². The number of nitrogens with two attached hydrogens (primary N) is 1. The number of amides is 3. The maximum Gasteiger partial charge on any atom is 0.255 e. The van der Waals surface area contributed by atoms with E-state index >= 15 is 0 Å². The lowest BCUT2D eigenvalue weighted by Crippen LogP contribution is -2.51. The number of nitrogens with one attached hydrogen (secondary N) is 2. The summed E-state index contributed by atoms with van der Waals surface area (Å²) >= 11 is 0. The Labute approximate surface area is 239 Å². The highest BCUT2D eigenvalue weighted by Gasteiger charge is 2.26. The van der Waals surface area contributed by atoms with Gasteiger partial charge in [-0.1, -0.05) is 41.6 Å². The molecule has 41 heavy (non-hydrogen) atoms. The van der Waals surface area contributed by atoms with E-state index in [2.05, 4.69) is 20.9 Å². The molecular weight excluding hydrogens is 526 g/mol. The number of ether oxygens (including phenoxy) is 2. The molecule has 0 spiro atoms. The Morgan fingerprint density at radius 3 is 2.71 bits per heavy atom. The predicted molar refractivity (Wildman–Crippen MR) is 151 cm³/mol. The summed E-state index contributed by atoms with van der Waals surface area (Å²) in [5, 5.41) is 14.2. The summed E-state index contributed by atoms with van der Waals surface area (Å²) in [5.74, 6) is -0.360. The highest BCUT2D eigenvalue weighted by Crippen LogP contribution is 2.31. The third kappa shape index (κ3) is 8.04. The Kier molecular flexibility index (Phi) is 10.3. The minimum absolute atomic E-state index is 0.179. The lowest BCUT2D eigenvalue weighted by Gasteiger charge is -2.25.